The summed E-state index contributed by atoms with van der Waals surface area (Å²) in [6, 6.07) is 9.98. The molecular weight excluding hydrogens is 352 g/mol. The standard InChI is InChI=1S/C23H32N2O3/c1-23(2,3)17-6-9-19(10-7-17)28-21-12-5-16-15-18(8-11-20(16)24-21)25(4)14-13-22(26)27/h5,8,11-12,15,17,19H,6-7,9-10,13-14H2,1-4H3,(H,26,27). The van der Waals surface area contributed by atoms with Gasteiger partial charge in [0.25, 0.3) is 0 Å². The first kappa shape index (κ1) is 20.4. The van der Waals surface area contributed by atoms with Gasteiger partial charge in [-0.15, -0.1) is 0 Å². The second-order valence-electron chi connectivity index (χ2n) is 9.05. The summed E-state index contributed by atoms with van der Waals surface area (Å²) in [5.41, 5.74) is 2.27. The molecule has 28 heavy (non-hydrogen) atoms. The zero-order valence-electron chi connectivity index (χ0n) is 17.4. The molecular formula is C23H32N2O3. The van der Waals surface area contributed by atoms with Crippen molar-refractivity contribution in [3.63, 3.8) is 0 Å². The number of rotatable bonds is 6. The van der Waals surface area contributed by atoms with E-state index in [0.29, 0.717) is 17.8 Å². The molecule has 1 fully saturated rings. The summed E-state index contributed by atoms with van der Waals surface area (Å²) in [5.74, 6) is 0.680. The Hall–Kier alpha value is -2.30. The maximum Gasteiger partial charge on any atom is 0.305 e. The molecule has 0 radical (unpaired) electrons. The number of pyridine rings is 1. The van der Waals surface area contributed by atoms with Gasteiger partial charge in [0.15, 0.2) is 0 Å². The highest BCUT2D eigenvalue weighted by atomic mass is 16.5. The summed E-state index contributed by atoms with van der Waals surface area (Å²) in [7, 11) is 1.91. The van der Waals surface area contributed by atoms with Gasteiger partial charge < -0.3 is 14.7 Å². The van der Waals surface area contributed by atoms with Crippen LogP contribution in [0.2, 0.25) is 0 Å². The third-order valence-electron chi connectivity index (χ3n) is 5.94. The first-order valence-corrected chi connectivity index (χ1v) is 10.2. The number of carboxylic acids is 1. The van der Waals surface area contributed by atoms with E-state index >= 15 is 0 Å². The molecule has 1 aromatic carbocycles. The molecule has 0 spiro atoms. The molecule has 0 atom stereocenters. The van der Waals surface area contributed by atoms with Crippen LogP contribution in [0.5, 0.6) is 5.88 Å². The molecule has 0 bridgehead atoms. The van der Waals surface area contributed by atoms with E-state index in [4.69, 9.17) is 9.84 Å². The number of fused-ring (bicyclic) bond motifs is 1. The summed E-state index contributed by atoms with van der Waals surface area (Å²) < 4.78 is 6.18. The van der Waals surface area contributed by atoms with Crippen molar-refractivity contribution in [2.45, 2.75) is 59.0 Å². The average Bonchev–Trinajstić information content (AvgIpc) is 2.65. The molecule has 1 aromatic heterocycles. The van der Waals surface area contributed by atoms with Gasteiger partial charge in [0.1, 0.15) is 6.10 Å². The molecule has 1 saturated carbocycles. The molecule has 5 nitrogen and oxygen atoms in total. The summed E-state index contributed by atoms with van der Waals surface area (Å²) in [6.07, 6.45) is 4.99. The van der Waals surface area contributed by atoms with Crippen LogP contribution in [0.3, 0.4) is 0 Å². The van der Waals surface area contributed by atoms with Crippen molar-refractivity contribution in [1.82, 2.24) is 4.98 Å². The normalized spacial score (nSPS) is 20.1. The highest BCUT2D eigenvalue weighted by Gasteiger charge is 2.30. The molecule has 0 aliphatic heterocycles. The highest BCUT2D eigenvalue weighted by Crippen LogP contribution is 2.38. The monoisotopic (exact) mass is 384 g/mol. The average molecular weight is 385 g/mol. The van der Waals surface area contributed by atoms with Crippen LogP contribution in [-0.2, 0) is 4.79 Å². The summed E-state index contributed by atoms with van der Waals surface area (Å²) >= 11 is 0. The van der Waals surface area contributed by atoms with Crippen molar-refractivity contribution in [3.05, 3.63) is 30.3 Å². The first-order chi connectivity index (χ1) is 13.2. The lowest BCUT2D eigenvalue weighted by atomic mass is 9.72. The molecule has 1 N–H and O–H groups in total. The van der Waals surface area contributed by atoms with Gasteiger partial charge in [-0.1, -0.05) is 20.8 Å². The Balaban J connectivity index is 1.63. The van der Waals surface area contributed by atoms with E-state index in [0.717, 1.165) is 35.3 Å². The number of aliphatic carboxylic acids is 1. The number of hydrogen-bond acceptors (Lipinski definition) is 4. The van der Waals surface area contributed by atoms with E-state index in [9.17, 15) is 4.79 Å². The van der Waals surface area contributed by atoms with Gasteiger partial charge in [0.2, 0.25) is 5.88 Å². The fourth-order valence-corrected chi connectivity index (χ4v) is 4.01. The summed E-state index contributed by atoms with van der Waals surface area (Å²) in [4.78, 5) is 17.4. The minimum atomic E-state index is -0.785. The zero-order chi connectivity index (χ0) is 20.3. The number of nitrogens with zero attached hydrogens (tertiary/aromatic N) is 2. The van der Waals surface area contributed by atoms with Gasteiger partial charge in [-0.05, 0) is 61.3 Å². The number of hydrogen-bond donors (Lipinski definition) is 1. The third-order valence-corrected chi connectivity index (χ3v) is 5.94. The molecule has 0 unspecified atom stereocenters. The van der Waals surface area contributed by atoms with Crippen LogP contribution in [0.25, 0.3) is 10.9 Å². The van der Waals surface area contributed by atoms with Gasteiger partial charge in [-0.3, -0.25) is 4.79 Å². The molecule has 1 aliphatic rings. The van der Waals surface area contributed by atoms with Gasteiger partial charge in [0.05, 0.1) is 11.9 Å². The molecule has 5 heteroatoms. The first-order valence-electron chi connectivity index (χ1n) is 10.2. The SMILES string of the molecule is CN(CCC(=O)O)c1ccc2nc(OC3CCC(C(C)(C)C)CC3)ccc2c1. The van der Waals surface area contributed by atoms with Crippen LogP contribution in [0, 0.1) is 11.3 Å². The van der Waals surface area contributed by atoms with E-state index in [1.807, 2.05) is 42.3 Å². The van der Waals surface area contributed by atoms with Gasteiger partial charge in [-0.2, -0.15) is 0 Å². The molecule has 2 aromatic rings. The predicted octanol–water partition coefficient (Wildman–Crippen LogP) is 5.13. The topological polar surface area (TPSA) is 62.7 Å². The minimum Gasteiger partial charge on any atom is -0.481 e. The lowest BCUT2D eigenvalue weighted by Crippen LogP contribution is -2.30. The van der Waals surface area contributed by atoms with Crippen molar-refractivity contribution < 1.29 is 14.6 Å². The van der Waals surface area contributed by atoms with E-state index in [-0.39, 0.29) is 12.5 Å². The molecule has 152 valence electrons. The number of benzene rings is 1. The fourth-order valence-electron chi connectivity index (χ4n) is 4.01. The second kappa shape index (κ2) is 8.38. The van der Waals surface area contributed by atoms with Crippen LogP contribution in [0.15, 0.2) is 30.3 Å². The highest BCUT2D eigenvalue weighted by molar-refractivity contribution is 5.83. The number of ether oxygens (including phenoxy) is 1. The number of carboxylic acid groups (broad SMARTS) is 1. The molecule has 1 aliphatic carbocycles. The number of anilines is 1. The van der Waals surface area contributed by atoms with Gasteiger partial charge in [-0.25, -0.2) is 4.98 Å². The molecule has 0 amide bonds. The number of aromatic nitrogens is 1. The van der Waals surface area contributed by atoms with Crippen LogP contribution in [-0.4, -0.2) is 35.8 Å². The van der Waals surface area contributed by atoms with E-state index in [1.165, 1.54) is 12.8 Å². The summed E-state index contributed by atoms with van der Waals surface area (Å²) in [5, 5.41) is 9.88. The lowest BCUT2D eigenvalue weighted by Gasteiger charge is -2.36. The van der Waals surface area contributed by atoms with Gasteiger partial charge >= 0.3 is 5.97 Å². The Morgan fingerprint density at radius 2 is 1.89 bits per heavy atom. The van der Waals surface area contributed by atoms with E-state index in [1.54, 1.807) is 0 Å². The Morgan fingerprint density at radius 3 is 2.54 bits per heavy atom. The number of carbonyl (C=O) groups is 1. The maximum absolute atomic E-state index is 10.8. The Morgan fingerprint density at radius 1 is 1.18 bits per heavy atom. The van der Waals surface area contributed by atoms with Crippen molar-refractivity contribution in [3.8, 4) is 5.88 Å². The van der Waals surface area contributed by atoms with Crippen LogP contribution < -0.4 is 9.64 Å². The second-order valence-corrected chi connectivity index (χ2v) is 9.05. The Kier molecular flexibility index (Phi) is 6.11. The van der Waals surface area contributed by atoms with Crippen molar-refractivity contribution in [1.29, 1.82) is 0 Å². The maximum atomic E-state index is 10.8. The van der Waals surface area contributed by atoms with Gasteiger partial charge in [0, 0.05) is 30.7 Å². The van der Waals surface area contributed by atoms with E-state index < -0.39 is 5.97 Å². The minimum absolute atomic E-state index is 0.122. The van der Waals surface area contributed by atoms with E-state index in [2.05, 4.69) is 25.8 Å². The predicted molar refractivity (Wildman–Crippen MR) is 113 cm³/mol. The quantitative estimate of drug-likeness (QED) is 0.748. The van der Waals surface area contributed by atoms with Crippen molar-refractivity contribution in [2.24, 2.45) is 11.3 Å². The zero-order valence-corrected chi connectivity index (χ0v) is 17.4. The molecule has 3 rings (SSSR count). The lowest BCUT2D eigenvalue weighted by molar-refractivity contribution is -0.136. The molecule has 1 heterocycles. The van der Waals surface area contributed by atoms with Crippen LogP contribution in [0.1, 0.15) is 52.9 Å². The van der Waals surface area contributed by atoms with Crippen molar-refractivity contribution in [2.75, 3.05) is 18.5 Å². The fraction of sp³-hybridized carbons (Fsp3) is 0.565. The largest absolute Gasteiger partial charge is 0.481 e. The smallest absolute Gasteiger partial charge is 0.305 e. The van der Waals surface area contributed by atoms with Crippen molar-refractivity contribution >= 4 is 22.6 Å². The Labute approximate surface area is 167 Å². The molecule has 0 saturated heterocycles. The van der Waals surface area contributed by atoms with Crippen LogP contribution in [0.4, 0.5) is 5.69 Å². The summed E-state index contributed by atoms with van der Waals surface area (Å²) in [6.45, 7) is 7.47. The van der Waals surface area contributed by atoms with Crippen LogP contribution >= 0.6 is 0 Å². The third kappa shape index (κ3) is 5.15. The Bertz CT molecular complexity index is 820.